The molecule has 1 atom stereocenters. The van der Waals surface area contributed by atoms with E-state index in [2.05, 4.69) is 44.0 Å². The average molecular weight is 440 g/mol. The fourth-order valence-corrected chi connectivity index (χ4v) is 4.43. The van der Waals surface area contributed by atoms with Gasteiger partial charge in [0.1, 0.15) is 5.76 Å². The Balaban J connectivity index is 1.98. The molecule has 3 rings (SSSR count). The molecule has 0 saturated heterocycles. The third-order valence-corrected chi connectivity index (χ3v) is 6.12. The number of allylic oxidation sites excluding steroid dienone is 2. The first-order chi connectivity index (χ1) is 15.3. The van der Waals surface area contributed by atoms with E-state index in [4.69, 9.17) is 14.2 Å². The summed E-state index contributed by atoms with van der Waals surface area (Å²) >= 11 is 0. The second-order valence-corrected chi connectivity index (χ2v) is 9.00. The molecule has 0 aliphatic carbocycles. The Morgan fingerprint density at radius 2 is 1.97 bits per heavy atom. The molecule has 0 amide bonds. The van der Waals surface area contributed by atoms with E-state index in [1.807, 2.05) is 12.3 Å². The summed E-state index contributed by atoms with van der Waals surface area (Å²) in [4.78, 5) is 2.21. The minimum Gasteiger partial charge on any atom is -0.508 e. The molecule has 0 fully saturated rings. The highest BCUT2D eigenvalue weighted by Crippen LogP contribution is 2.46. The van der Waals surface area contributed by atoms with Crippen molar-refractivity contribution >= 4 is 5.70 Å². The van der Waals surface area contributed by atoms with Crippen LogP contribution in [-0.4, -0.2) is 44.0 Å². The lowest BCUT2D eigenvalue weighted by Gasteiger charge is -2.39. The van der Waals surface area contributed by atoms with Crippen LogP contribution in [0.1, 0.15) is 56.6 Å². The van der Waals surface area contributed by atoms with E-state index < -0.39 is 0 Å². The van der Waals surface area contributed by atoms with Crippen LogP contribution in [0.3, 0.4) is 0 Å². The largest absolute Gasteiger partial charge is 0.508 e. The lowest BCUT2D eigenvalue weighted by molar-refractivity contribution is 0.170. The van der Waals surface area contributed by atoms with Gasteiger partial charge in [-0.15, -0.1) is 0 Å². The Bertz CT molecular complexity index is 912. The molecule has 1 aromatic rings. The predicted molar refractivity (Wildman–Crippen MR) is 130 cm³/mol. The van der Waals surface area contributed by atoms with Gasteiger partial charge < -0.3 is 24.2 Å². The minimum absolute atomic E-state index is 0.0462. The number of benzene rings is 1. The van der Waals surface area contributed by atoms with Crippen molar-refractivity contribution in [3.8, 4) is 11.5 Å². The van der Waals surface area contributed by atoms with Gasteiger partial charge >= 0.3 is 0 Å². The van der Waals surface area contributed by atoms with Gasteiger partial charge in [-0.25, -0.2) is 0 Å². The smallest absolute Gasteiger partial charge is 0.161 e. The maximum absolute atomic E-state index is 10.0. The van der Waals surface area contributed by atoms with Crippen molar-refractivity contribution in [2.75, 3.05) is 34.0 Å². The van der Waals surface area contributed by atoms with Gasteiger partial charge in [-0.05, 0) is 41.7 Å². The van der Waals surface area contributed by atoms with Crippen molar-refractivity contribution in [1.82, 2.24) is 4.90 Å². The van der Waals surface area contributed by atoms with Crippen LogP contribution in [0.2, 0.25) is 0 Å². The molecule has 2 aliphatic rings. The summed E-state index contributed by atoms with van der Waals surface area (Å²) in [5, 5.41) is 10.0. The zero-order valence-electron chi connectivity index (χ0n) is 19.9. The molecule has 0 radical (unpaired) electrons. The molecule has 0 saturated carbocycles. The molecule has 0 spiro atoms. The van der Waals surface area contributed by atoms with Crippen molar-refractivity contribution in [3.05, 3.63) is 65.6 Å². The van der Waals surface area contributed by atoms with Gasteiger partial charge in [0.05, 0.1) is 13.7 Å². The van der Waals surface area contributed by atoms with Crippen LogP contribution in [-0.2, 0) is 4.74 Å². The summed E-state index contributed by atoms with van der Waals surface area (Å²) in [6.07, 6.45) is 8.29. The van der Waals surface area contributed by atoms with Gasteiger partial charge in [0, 0.05) is 55.6 Å². The van der Waals surface area contributed by atoms with Crippen molar-refractivity contribution in [1.29, 1.82) is 0 Å². The first-order valence-corrected chi connectivity index (χ1v) is 11.5. The van der Waals surface area contributed by atoms with Crippen LogP contribution < -0.4 is 9.47 Å². The molecule has 32 heavy (non-hydrogen) atoms. The number of fused-ring (bicyclic) bond motifs is 3. The molecule has 1 N–H and O–H groups in total. The average Bonchev–Trinajstić information content (AvgIpc) is 2.75. The zero-order chi connectivity index (χ0) is 23.3. The van der Waals surface area contributed by atoms with Crippen LogP contribution in [0, 0.1) is 5.92 Å². The number of nitrogens with zero attached hydrogens (tertiary/aromatic N) is 1. The summed E-state index contributed by atoms with van der Waals surface area (Å²) in [7, 11) is 3.37. The number of aliphatic hydroxyl groups is 1. The van der Waals surface area contributed by atoms with Gasteiger partial charge in [-0.2, -0.15) is 0 Å². The first-order valence-electron chi connectivity index (χ1n) is 11.5. The highest BCUT2D eigenvalue weighted by molar-refractivity contribution is 5.78. The Morgan fingerprint density at radius 3 is 2.62 bits per heavy atom. The minimum atomic E-state index is 0.0462. The van der Waals surface area contributed by atoms with E-state index in [1.165, 1.54) is 18.4 Å². The third-order valence-electron chi connectivity index (χ3n) is 6.12. The molecule has 0 aromatic heterocycles. The topological polar surface area (TPSA) is 51.2 Å². The fraction of sp³-hybridized carbons (Fsp3) is 0.481. The summed E-state index contributed by atoms with van der Waals surface area (Å²) in [6.45, 7) is 14.5. The fourth-order valence-electron chi connectivity index (χ4n) is 4.43. The Labute approximate surface area is 192 Å². The maximum atomic E-state index is 10.0. The van der Waals surface area contributed by atoms with Gasteiger partial charge in [0.25, 0.3) is 0 Å². The van der Waals surface area contributed by atoms with Crippen LogP contribution in [0.25, 0.3) is 5.70 Å². The number of aliphatic hydroxyl groups excluding tert-OH is 1. The Kier molecular flexibility index (Phi) is 8.08. The van der Waals surface area contributed by atoms with Crippen molar-refractivity contribution in [3.63, 3.8) is 0 Å². The van der Waals surface area contributed by atoms with Crippen LogP contribution >= 0.6 is 0 Å². The Hall–Kier alpha value is -2.66. The molecule has 2 aliphatic heterocycles. The molecule has 1 unspecified atom stereocenters. The maximum Gasteiger partial charge on any atom is 0.161 e. The third kappa shape index (κ3) is 5.39. The first kappa shape index (κ1) is 24.0. The van der Waals surface area contributed by atoms with Gasteiger partial charge in [0.2, 0.25) is 0 Å². The summed E-state index contributed by atoms with van der Waals surface area (Å²) in [5.74, 6) is 2.58. The monoisotopic (exact) mass is 439 g/mol. The van der Waals surface area contributed by atoms with Gasteiger partial charge in [-0.1, -0.05) is 39.8 Å². The van der Waals surface area contributed by atoms with E-state index in [-0.39, 0.29) is 5.76 Å². The molecule has 174 valence electrons. The normalized spacial score (nSPS) is 17.5. The van der Waals surface area contributed by atoms with E-state index >= 15 is 0 Å². The van der Waals surface area contributed by atoms with Crippen molar-refractivity contribution in [2.24, 2.45) is 5.92 Å². The summed E-state index contributed by atoms with van der Waals surface area (Å²) < 4.78 is 16.9. The van der Waals surface area contributed by atoms with E-state index in [9.17, 15) is 5.11 Å². The predicted octanol–water partition coefficient (Wildman–Crippen LogP) is 6.20. The van der Waals surface area contributed by atoms with E-state index in [0.29, 0.717) is 30.6 Å². The lowest BCUT2D eigenvalue weighted by Crippen LogP contribution is -2.31. The number of methoxy groups -OCH3 is 2. The molecular weight excluding hydrogens is 402 g/mol. The molecule has 0 bridgehead atoms. The number of ether oxygens (including phenoxy) is 3. The van der Waals surface area contributed by atoms with E-state index in [0.717, 1.165) is 47.7 Å². The van der Waals surface area contributed by atoms with Crippen LogP contribution in [0.4, 0.5) is 0 Å². The van der Waals surface area contributed by atoms with Gasteiger partial charge in [0.15, 0.2) is 11.5 Å². The standard InChI is InChI=1S/C27H37NO4/c1-18(2)9-7-10-21-16-28-17-24(20(4)29)19(3)13-25(28)23-15-26(31-6)27(14-22(21)23)32-12-8-11-30-5/h13-15,17-18,21,29H,3-4,7-12,16H2,1-2,5-6H3. The van der Waals surface area contributed by atoms with Gasteiger partial charge in [-0.3, -0.25) is 0 Å². The molecule has 5 nitrogen and oxygen atoms in total. The van der Waals surface area contributed by atoms with Crippen molar-refractivity contribution < 1.29 is 19.3 Å². The molecule has 1 aromatic carbocycles. The molecule has 5 heteroatoms. The van der Waals surface area contributed by atoms with Crippen LogP contribution in [0.15, 0.2) is 54.5 Å². The second-order valence-electron chi connectivity index (χ2n) is 9.00. The highest BCUT2D eigenvalue weighted by atomic mass is 16.5. The Morgan fingerprint density at radius 1 is 1.19 bits per heavy atom. The molecular formula is C27H37NO4. The lowest BCUT2D eigenvalue weighted by atomic mass is 9.82. The quantitative estimate of drug-likeness (QED) is 0.328. The van der Waals surface area contributed by atoms with Crippen LogP contribution in [0.5, 0.6) is 11.5 Å². The summed E-state index contributed by atoms with van der Waals surface area (Å²) in [6, 6.07) is 4.24. The number of hydrogen-bond acceptors (Lipinski definition) is 5. The zero-order valence-corrected chi connectivity index (χ0v) is 19.9. The number of rotatable bonds is 11. The van der Waals surface area contributed by atoms with E-state index in [1.54, 1.807) is 14.2 Å². The second kappa shape index (κ2) is 10.8. The SMILES string of the molecule is C=C(O)C1=CN2CC(CCCC(C)C)c3cc(OCCCOC)c(OC)cc3C2=CC1=C. The summed E-state index contributed by atoms with van der Waals surface area (Å²) in [5.41, 5.74) is 4.92. The van der Waals surface area contributed by atoms with Crippen molar-refractivity contribution in [2.45, 2.75) is 45.4 Å². The highest BCUT2D eigenvalue weighted by Gasteiger charge is 2.32. The number of hydrogen-bond donors (Lipinski definition) is 1. The molecule has 2 heterocycles.